The zero-order valence-corrected chi connectivity index (χ0v) is 13.0. The van der Waals surface area contributed by atoms with Crippen molar-refractivity contribution >= 4 is 5.78 Å². The van der Waals surface area contributed by atoms with Crippen molar-refractivity contribution in [3.8, 4) is 5.75 Å². The van der Waals surface area contributed by atoms with Crippen LogP contribution < -0.4 is 4.74 Å². The van der Waals surface area contributed by atoms with Crippen LogP contribution in [-0.2, 0) is 5.41 Å². The monoisotopic (exact) mass is 280 g/mol. The van der Waals surface area contributed by atoms with Crippen molar-refractivity contribution in [3.63, 3.8) is 0 Å². The van der Waals surface area contributed by atoms with Gasteiger partial charge in [-0.3, -0.25) is 4.79 Å². The first kappa shape index (κ1) is 13.9. The van der Waals surface area contributed by atoms with Crippen LogP contribution in [0.5, 0.6) is 5.75 Å². The number of carbonyl (C=O) groups is 1. The first-order valence-electron chi connectivity index (χ1n) is 7.28. The molecule has 0 saturated carbocycles. The predicted molar refractivity (Wildman–Crippen MR) is 84.3 cm³/mol. The molecule has 0 atom stereocenters. The van der Waals surface area contributed by atoms with Crippen molar-refractivity contribution in [1.29, 1.82) is 0 Å². The molecule has 2 aromatic rings. The summed E-state index contributed by atoms with van der Waals surface area (Å²) < 4.78 is 5.68. The molecule has 3 rings (SSSR count). The molecule has 0 aromatic heterocycles. The average Bonchev–Trinajstić information content (AvgIpc) is 2.74. The van der Waals surface area contributed by atoms with E-state index < -0.39 is 0 Å². The van der Waals surface area contributed by atoms with Gasteiger partial charge in [0.1, 0.15) is 5.75 Å². The van der Waals surface area contributed by atoms with Crippen LogP contribution in [-0.4, -0.2) is 12.4 Å². The van der Waals surface area contributed by atoms with Crippen molar-refractivity contribution in [2.75, 3.05) is 6.61 Å². The molecule has 0 fully saturated rings. The molecule has 0 aliphatic carbocycles. The lowest BCUT2D eigenvalue weighted by Gasteiger charge is -2.16. The highest BCUT2D eigenvalue weighted by atomic mass is 16.5. The van der Waals surface area contributed by atoms with Gasteiger partial charge in [0, 0.05) is 22.1 Å². The third-order valence-corrected chi connectivity index (χ3v) is 4.19. The molecular formula is C19H20O2. The van der Waals surface area contributed by atoms with E-state index in [2.05, 4.69) is 13.8 Å². The van der Waals surface area contributed by atoms with Gasteiger partial charge in [-0.1, -0.05) is 37.6 Å². The van der Waals surface area contributed by atoms with E-state index in [-0.39, 0.29) is 11.2 Å². The summed E-state index contributed by atoms with van der Waals surface area (Å²) in [4.78, 5) is 12.7. The summed E-state index contributed by atoms with van der Waals surface area (Å²) in [7, 11) is 0. The van der Waals surface area contributed by atoms with Gasteiger partial charge in [-0.05, 0) is 37.6 Å². The molecule has 0 radical (unpaired) electrons. The van der Waals surface area contributed by atoms with Crippen LogP contribution in [0.2, 0.25) is 0 Å². The van der Waals surface area contributed by atoms with Crippen LogP contribution in [0.4, 0.5) is 0 Å². The van der Waals surface area contributed by atoms with Gasteiger partial charge >= 0.3 is 0 Å². The van der Waals surface area contributed by atoms with Crippen molar-refractivity contribution in [2.24, 2.45) is 0 Å². The van der Waals surface area contributed by atoms with Crippen LogP contribution in [0, 0.1) is 13.8 Å². The van der Waals surface area contributed by atoms with E-state index >= 15 is 0 Å². The molecule has 0 unspecified atom stereocenters. The van der Waals surface area contributed by atoms with E-state index in [9.17, 15) is 4.79 Å². The van der Waals surface area contributed by atoms with E-state index in [4.69, 9.17) is 4.74 Å². The van der Waals surface area contributed by atoms with Gasteiger partial charge in [0.25, 0.3) is 0 Å². The second kappa shape index (κ2) is 4.73. The average molecular weight is 280 g/mol. The van der Waals surface area contributed by atoms with E-state index in [1.54, 1.807) is 0 Å². The lowest BCUT2D eigenvalue weighted by molar-refractivity contribution is 0.103. The lowest BCUT2D eigenvalue weighted by atomic mass is 9.85. The smallest absolute Gasteiger partial charge is 0.193 e. The Kier molecular flexibility index (Phi) is 3.12. The summed E-state index contributed by atoms with van der Waals surface area (Å²) in [6.45, 7) is 8.98. The maximum absolute atomic E-state index is 12.7. The molecule has 0 saturated heterocycles. The minimum atomic E-state index is -0.0338. The van der Waals surface area contributed by atoms with Crippen molar-refractivity contribution < 1.29 is 9.53 Å². The number of hydrogen-bond donors (Lipinski definition) is 0. The summed E-state index contributed by atoms with van der Waals surface area (Å²) in [5.74, 6) is 0.982. The number of fused-ring (bicyclic) bond motifs is 1. The van der Waals surface area contributed by atoms with Crippen molar-refractivity contribution in [1.82, 2.24) is 0 Å². The van der Waals surface area contributed by atoms with Crippen LogP contribution in [0.25, 0.3) is 0 Å². The molecule has 2 aromatic carbocycles. The Balaban J connectivity index is 2.03. The van der Waals surface area contributed by atoms with Gasteiger partial charge in [0.05, 0.1) is 6.61 Å². The first-order chi connectivity index (χ1) is 9.88. The van der Waals surface area contributed by atoms with Crippen LogP contribution in [0.1, 0.15) is 46.5 Å². The molecule has 1 aliphatic heterocycles. The molecule has 1 aliphatic rings. The number of rotatable bonds is 2. The highest BCUT2D eigenvalue weighted by Gasteiger charge is 2.32. The molecular weight excluding hydrogens is 260 g/mol. The highest BCUT2D eigenvalue weighted by molar-refractivity contribution is 6.10. The van der Waals surface area contributed by atoms with Gasteiger partial charge in [-0.15, -0.1) is 0 Å². The number of ether oxygens (including phenoxy) is 1. The molecule has 0 N–H and O–H groups in total. The van der Waals surface area contributed by atoms with E-state index in [0.717, 1.165) is 28.0 Å². The maximum atomic E-state index is 12.7. The quantitative estimate of drug-likeness (QED) is 0.770. The van der Waals surface area contributed by atoms with Gasteiger partial charge in [0.15, 0.2) is 5.78 Å². The summed E-state index contributed by atoms with van der Waals surface area (Å²) in [6.07, 6.45) is 0. The van der Waals surface area contributed by atoms with Gasteiger partial charge < -0.3 is 4.74 Å². The van der Waals surface area contributed by atoms with Crippen LogP contribution in [0.15, 0.2) is 36.4 Å². The molecule has 2 heteroatoms. The first-order valence-corrected chi connectivity index (χ1v) is 7.28. The standard InChI is InChI=1S/C19H20O2/c1-12-5-7-15(13(2)9-12)18(20)14-6-8-17-16(10-14)19(3,4)11-21-17/h5-10H,11H2,1-4H3. The van der Waals surface area contributed by atoms with Gasteiger partial charge in [-0.2, -0.15) is 0 Å². The summed E-state index contributed by atoms with van der Waals surface area (Å²) in [5.41, 5.74) is 4.80. The zero-order chi connectivity index (χ0) is 15.2. The predicted octanol–water partition coefficient (Wildman–Crippen LogP) is 4.20. The number of aryl methyl sites for hydroxylation is 2. The maximum Gasteiger partial charge on any atom is 0.193 e. The largest absolute Gasteiger partial charge is 0.492 e. The van der Waals surface area contributed by atoms with Gasteiger partial charge in [0.2, 0.25) is 0 Å². The van der Waals surface area contributed by atoms with E-state index in [1.165, 1.54) is 5.56 Å². The highest BCUT2D eigenvalue weighted by Crippen LogP contribution is 2.39. The SMILES string of the molecule is Cc1ccc(C(=O)c2ccc3c(c2)C(C)(C)CO3)c(C)c1. The third-order valence-electron chi connectivity index (χ3n) is 4.19. The molecule has 1 heterocycles. The Morgan fingerprint density at radius 1 is 1.10 bits per heavy atom. The normalized spacial score (nSPS) is 15.4. The summed E-state index contributed by atoms with van der Waals surface area (Å²) in [6, 6.07) is 11.7. The molecule has 108 valence electrons. The molecule has 0 bridgehead atoms. The second-order valence-electron chi connectivity index (χ2n) is 6.53. The topological polar surface area (TPSA) is 26.3 Å². The Labute approximate surface area is 125 Å². The van der Waals surface area contributed by atoms with E-state index in [0.29, 0.717) is 6.61 Å². The van der Waals surface area contributed by atoms with E-state index in [1.807, 2.05) is 50.2 Å². The zero-order valence-electron chi connectivity index (χ0n) is 13.0. The van der Waals surface area contributed by atoms with Gasteiger partial charge in [-0.25, -0.2) is 0 Å². The Hall–Kier alpha value is -2.09. The minimum Gasteiger partial charge on any atom is -0.492 e. The summed E-state index contributed by atoms with van der Waals surface area (Å²) >= 11 is 0. The van der Waals surface area contributed by atoms with Crippen LogP contribution >= 0.6 is 0 Å². The Bertz CT molecular complexity index is 726. The number of hydrogen-bond acceptors (Lipinski definition) is 2. The minimum absolute atomic E-state index is 0.0338. The fourth-order valence-corrected chi connectivity index (χ4v) is 2.89. The molecule has 21 heavy (non-hydrogen) atoms. The Morgan fingerprint density at radius 2 is 1.86 bits per heavy atom. The van der Waals surface area contributed by atoms with Crippen LogP contribution in [0.3, 0.4) is 0 Å². The number of benzene rings is 2. The van der Waals surface area contributed by atoms with Crippen molar-refractivity contribution in [2.45, 2.75) is 33.1 Å². The molecule has 2 nitrogen and oxygen atoms in total. The summed E-state index contributed by atoms with van der Waals surface area (Å²) in [5, 5.41) is 0. The number of ketones is 1. The molecule has 0 spiro atoms. The fraction of sp³-hybridized carbons (Fsp3) is 0.316. The lowest BCUT2D eigenvalue weighted by Crippen LogP contribution is -2.18. The molecule has 0 amide bonds. The number of carbonyl (C=O) groups excluding carboxylic acids is 1. The fourth-order valence-electron chi connectivity index (χ4n) is 2.89. The Morgan fingerprint density at radius 3 is 2.57 bits per heavy atom. The third kappa shape index (κ3) is 2.35. The van der Waals surface area contributed by atoms with Crippen molar-refractivity contribution in [3.05, 3.63) is 64.2 Å². The second-order valence-corrected chi connectivity index (χ2v) is 6.53.